The summed E-state index contributed by atoms with van der Waals surface area (Å²) in [7, 11) is 1.40. The molecule has 0 aliphatic rings. The van der Waals surface area contributed by atoms with E-state index in [0.29, 0.717) is 6.42 Å². The van der Waals surface area contributed by atoms with Gasteiger partial charge in [0.1, 0.15) is 5.01 Å². The minimum Gasteiger partial charge on any atom is -0.469 e. The Bertz CT molecular complexity index is 323. The van der Waals surface area contributed by atoms with E-state index < -0.39 is 0 Å². The molecule has 16 heavy (non-hydrogen) atoms. The quantitative estimate of drug-likeness (QED) is 0.544. The summed E-state index contributed by atoms with van der Waals surface area (Å²) in [6.45, 7) is 2.21. The Labute approximate surface area is 101 Å². The molecule has 90 valence electrons. The Morgan fingerprint density at radius 3 is 2.94 bits per heavy atom. The van der Waals surface area contributed by atoms with E-state index in [9.17, 15) is 4.79 Å². The van der Waals surface area contributed by atoms with Crippen LogP contribution in [-0.2, 0) is 22.4 Å². The summed E-state index contributed by atoms with van der Waals surface area (Å²) in [5.74, 6) is -0.216. The second-order valence-electron chi connectivity index (χ2n) is 3.80. The number of carbonyl (C=O) groups is 1. The molecule has 0 atom stereocenters. The minimum absolute atomic E-state index is 0.216. The summed E-state index contributed by atoms with van der Waals surface area (Å²) in [5, 5.41) is 2.90. The first kappa shape index (κ1) is 13.2. The van der Waals surface area contributed by atoms with Crippen molar-refractivity contribution in [1.82, 2.24) is 4.98 Å². The molecule has 0 aromatic carbocycles. The highest BCUT2D eigenvalue weighted by Crippen LogP contribution is 2.13. The van der Waals surface area contributed by atoms with Crippen LogP contribution >= 0.6 is 11.3 Å². The number of carbonyl (C=O) groups excluding carboxylic acids is 1. The summed E-state index contributed by atoms with van der Waals surface area (Å²) in [6, 6.07) is 0. The number of rotatable bonds is 7. The van der Waals surface area contributed by atoms with Gasteiger partial charge in [0.2, 0.25) is 0 Å². The zero-order chi connectivity index (χ0) is 11.8. The Morgan fingerprint density at radius 1 is 1.44 bits per heavy atom. The minimum atomic E-state index is -0.216. The van der Waals surface area contributed by atoms with Crippen molar-refractivity contribution in [1.29, 1.82) is 0 Å². The number of esters is 1. The van der Waals surface area contributed by atoms with Crippen LogP contribution in [0.25, 0.3) is 0 Å². The molecule has 0 aliphatic heterocycles. The van der Waals surface area contributed by atoms with E-state index in [2.05, 4.69) is 16.6 Å². The maximum atomic E-state index is 11.0. The second kappa shape index (κ2) is 7.39. The molecule has 0 amide bonds. The first-order chi connectivity index (χ1) is 7.76. The number of thiazole rings is 1. The number of hydrogen-bond donors (Lipinski definition) is 0. The topological polar surface area (TPSA) is 39.2 Å². The SMILES string of the molecule is CCCCCCc1csc(CC(=O)OC)n1. The van der Waals surface area contributed by atoms with Gasteiger partial charge in [-0.25, -0.2) is 4.98 Å². The van der Waals surface area contributed by atoms with E-state index in [0.717, 1.165) is 17.1 Å². The molecule has 1 aromatic rings. The van der Waals surface area contributed by atoms with E-state index >= 15 is 0 Å². The van der Waals surface area contributed by atoms with Crippen LogP contribution in [0.15, 0.2) is 5.38 Å². The number of ether oxygens (including phenoxy) is 1. The largest absolute Gasteiger partial charge is 0.469 e. The molecule has 4 heteroatoms. The third-order valence-corrected chi connectivity index (χ3v) is 3.31. The number of aryl methyl sites for hydroxylation is 1. The fourth-order valence-electron chi connectivity index (χ4n) is 1.47. The van der Waals surface area contributed by atoms with Crippen LogP contribution in [0.4, 0.5) is 0 Å². The van der Waals surface area contributed by atoms with E-state index in [-0.39, 0.29) is 5.97 Å². The molecule has 0 spiro atoms. The number of aromatic nitrogens is 1. The number of unbranched alkanes of at least 4 members (excludes halogenated alkanes) is 3. The first-order valence-corrected chi connectivity index (χ1v) is 6.64. The normalized spacial score (nSPS) is 10.4. The van der Waals surface area contributed by atoms with Crippen molar-refractivity contribution in [2.24, 2.45) is 0 Å². The summed E-state index contributed by atoms with van der Waals surface area (Å²) >= 11 is 1.55. The van der Waals surface area contributed by atoms with Gasteiger partial charge < -0.3 is 4.74 Å². The highest BCUT2D eigenvalue weighted by Gasteiger charge is 2.07. The summed E-state index contributed by atoms with van der Waals surface area (Å²) in [4.78, 5) is 15.4. The van der Waals surface area contributed by atoms with Crippen molar-refractivity contribution in [3.63, 3.8) is 0 Å². The molecule has 0 fully saturated rings. The average molecular weight is 241 g/mol. The molecule has 0 bridgehead atoms. The highest BCUT2D eigenvalue weighted by atomic mass is 32.1. The van der Waals surface area contributed by atoms with Crippen LogP contribution in [-0.4, -0.2) is 18.1 Å². The molecule has 0 saturated carbocycles. The lowest BCUT2D eigenvalue weighted by Crippen LogP contribution is -2.04. The van der Waals surface area contributed by atoms with Gasteiger partial charge in [0.05, 0.1) is 19.2 Å². The van der Waals surface area contributed by atoms with Gasteiger partial charge >= 0.3 is 5.97 Å². The fraction of sp³-hybridized carbons (Fsp3) is 0.667. The standard InChI is InChI=1S/C12H19NO2S/c1-3-4-5-6-7-10-9-16-11(13-10)8-12(14)15-2/h9H,3-8H2,1-2H3. The molecule has 1 aromatic heterocycles. The van der Waals surface area contributed by atoms with Crippen LogP contribution in [0.1, 0.15) is 43.3 Å². The molecule has 0 saturated heterocycles. The molecular weight excluding hydrogens is 222 g/mol. The maximum Gasteiger partial charge on any atom is 0.312 e. The Morgan fingerprint density at radius 2 is 2.25 bits per heavy atom. The summed E-state index contributed by atoms with van der Waals surface area (Å²) < 4.78 is 4.60. The van der Waals surface area contributed by atoms with Crippen molar-refractivity contribution < 1.29 is 9.53 Å². The predicted octanol–water partition coefficient (Wildman–Crippen LogP) is 2.98. The molecule has 1 heterocycles. The average Bonchev–Trinajstić information content (AvgIpc) is 2.72. The zero-order valence-electron chi connectivity index (χ0n) is 9.99. The third kappa shape index (κ3) is 4.75. The van der Waals surface area contributed by atoms with Crippen molar-refractivity contribution in [3.05, 3.63) is 16.1 Å². The van der Waals surface area contributed by atoms with Gasteiger partial charge in [0, 0.05) is 5.38 Å². The van der Waals surface area contributed by atoms with E-state index in [1.807, 2.05) is 5.38 Å². The lowest BCUT2D eigenvalue weighted by molar-refractivity contribution is -0.139. The Kier molecular flexibility index (Phi) is 6.08. The number of nitrogens with zero attached hydrogens (tertiary/aromatic N) is 1. The van der Waals surface area contributed by atoms with Crippen LogP contribution in [0.5, 0.6) is 0 Å². The van der Waals surface area contributed by atoms with Crippen molar-refractivity contribution >= 4 is 17.3 Å². The van der Waals surface area contributed by atoms with Gasteiger partial charge in [-0.15, -0.1) is 11.3 Å². The van der Waals surface area contributed by atoms with Crippen molar-refractivity contribution in [3.8, 4) is 0 Å². The smallest absolute Gasteiger partial charge is 0.312 e. The Balaban J connectivity index is 2.30. The zero-order valence-corrected chi connectivity index (χ0v) is 10.8. The van der Waals surface area contributed by atoms with E-state index in [1.54, 1.807) is 11.3 Å². The van der Waals surface area contributed by atoms with Crippen molar-refractivity contribution in [2.75, 3.05) is 7.11 Å². The van der Waals surface area contributed by atoms with Gasteiger partial charge in [0.15, 0.2) is 0 Å². The lowest BCUT2D eigenvalue weighted by atomic mass is 10.1. The number of hydrogen-bond acceptors (Lipinski definition) is 4. The van der Waals surface area contributed by atoms with Gasteiger partial charge in [-0.05, 0) is 12.8 Å². The molecule has 0 unspecified atom stereocenters. The fourth-order valence-corrected chi connectivity index (χ4v) is 2.29. The predicted molar refractivity (Wildman–Crippen MR) is 65.7 cm³/mol. The molecule has 0 radical (unpaired) electrons. The van der Waals surface area contributed by atoms with Crippen LogP contribution in [0, 0.1) is 0 Å². The summed E-state index contributed by atoms with van der Waals surface area (Å²) in [5.41, 5.74) is 1.11. The monoisotopic (exact) mass is 241 g/mol. The third-order valence-electron chi connectivity index (χ3n) is 2.41. The molecule has 1 rings (SSSR count). The van der Waals surface area contributed by atoms with E-state index in [4.69, 9.17) is 0 Å². The van der Waals surface area contributed by atoms with Gasteiger partial charge in [-0.3, -0.25) is 4.79 Å². The number of methoxy groups -OCH3 is 1. The Hall–Kier alpha value is -0.900. The van der Waals surface area contributed by atoms with Crippen LogP contribution in [0.2, 0.25) is 0 Å². The van der Waals surface area contributed by atoms with Gasteiger partial charge in [0.25, 0.3) is 0 Å². The van der Waals surface area contributed by atoms with E-state index in [1.165, 1.54) is 32.8 Å². The first-order valence-electron chi connectivity index (χ1n) is 5.76. The lowest BCUT2D eigenvalue weighted by Gasteiger charge is -1.96. The highest BCUT2D eigenvalue weighted by molar-refractivity contribution is 7.09. The van der Waals surface area contributed by atoms with Crippen LogP contribution in [0.3, 0.4) is 0 Å². The molecular formula is C12H19NO2S. The second-order valence-corrected chi connectivity index (χ2v) is 4.74. The summed E-state index contributed by atoms with van der Waals surface area (Å²) in [6.07, 6.45) is 6.33. The molecule has 3 nitrogen and oxygen atoms in total. The molecule has 0 N–H and O–H groups in total. The molecule has 0 aliphatic carbocycles. The van der Waals surface area contributed by atoms with Gasteiger partial charge in [-0.1, -0.05) is 26.2 Å². The van der Waals surface area contributed by atoms with Crippen molar-refractivity contribution in [2.45, 2.75) is 45.4 Å². The van der Waals surface area contributed by atoms with Crippen LogP contribution < -0.4 is 0 Å². The van der Waals surface area contributed by atoms with Gasteiger partial charge in [-0.2, -0.15) is 0 Å². The maximum absolute atomic E-state index is 11.0.